The molecule has 0 radical (unpaired) electrons. The standard InChI is InChI=1S/C15H22F2N2O/c1-2-19(6-3-7-20)15-13(16)8-11(9-14(15)17)10-18-12-4-5-12/h8-9,12,18,20H,2-7,10H2,1H3. The van der Waals surface area contributed by atoms with Crippen LogP contribution in [0.25, 0.3) is 0 Å². The van der Waals surface area contributed by atoms with Gasteiger partial charge in [0, 0.05) is 32.3 Å². The first kappa shape index (κ1) is 15.2. The minimum atomic E-state index is -0.530. The Morgan fingerprint density at radius 1 is 1.30 bits per heavy atom. The van der Waals surface area contributed by atoms with Crippen LogP contribution in [0.1, 0.15) is 31.7 Å². The molecule has 0 amide bonds. The lowest BCUT2D eigenvalue weighted by atomic mass is 10.1. The Kier molecular flexibility index (Phi) is 5.31. The fourth-order valence-corrected chi connectivity index (χ4v) is 2.26. The van der Waals surface area contributed by atoms with E-state index in [9.17, 15) is 8.78 Å². The molecule has 0 unspecified atom stereocenters. The van der Waals surface area contributed by atoms with Crippen LogP contribution in [-0.4, -0.2) is 30.8 Å². The van der Waals surface area contributed by atoms with E-state index < -0.39 is 11.6 Å². The zero-order valence-electron chi connectivity index (χ0n) is 11.8. The number of nitrogens with zero attached hydrogens (tertiary/aromatic N) is 1. The third-order valence-corrected chi connectivity index (χ3v) is 3.53. The van der Waals surface area contributed by atoms with Crippen molar-refractivity contribution < 1.29 is 13.9 Å². The van der Waals surface area contributed by atoms with Crippen molar-refractivity contribution in [1.82, 2.24) is 5.32 Å². The summed E-state index contributed by atoms with van der Waals surface area (Å²) in [7, 11) is 0. The van der Waals surface area contributed by atoms with Gasteiger partial charge < -0.3 is 15.3 Å². The molecule has 0 aromatic heterocycles. The lowest BCUT2D eigenvalue weighted by Crippen LogP contribution is -2.27. The molecule has 20 heavy (non-hydrogen) atoms. The summed E-state index contributed by atoms with van der Waals surface area (Å²) in [6.07, 6.45) is 2.79. The van der Waals surface area contributed by atoms with Crippen molar-refractivity contribution in [2.24, 2.45) is 0 Å². The van der Waals surface area contributed by atoms with Gasteiger partial charge in [-0.25, -0.2) is 8.78 Å². The van der Waals surface area contributed by atoms with Crippen LogP contribution in [0.5, 0.6) is 0 Å². The van der Waals surface area contributed by atoms with E-state index in [2.05, 4.69) is 5.32 Å². The van der Waals surface area contributed by atoms with Crippen molar-refractivity contribution in [2.45, 2.75) is 38.8 Å². The summed E-state index contributed by atoms with van der Waals surface area (Å²) in [5.41, 5.74) is 0.644. The van der Waals surface area contributed by atoms with Gasteiger partial charge in [-0.05, 0) is 43.9 Å². The SMILES string of the molecule is CCN(CCCO)c1c(F)cc(CNC2CC2)cc1F. The first-order valence-electron chi connectivity index (χ1n) is 7.22. The van der Waals surface area contributed by atoms with E-state index in [0.29, 0.717) is 37.7 Å². The van der Waals surface area contributed by atoms with Gasteiger partial charge in [0.25, 0.3) is 0 Å². The molecule has 0 atom stereocenters. The maximum absolute atomic E-state index is 14.1. The minimum Gasteiger partial charge on any atom is -0.396 e. The molecule has 2 N–H and O–H groups in total. The van der Waals surface area contributed by atoms with E-state index in [1.165, 1.54) is 12.1 Å². The quantitative estimate of drug-likeness (QED) is 0.769. The van der Waals surface area contributed by atoms with E-state index in [0.717, 1.165) is 12.8 Å². The summed E-state index contributed by atoms with van der Waals surface area (Å²) in [4.78, 5) is 1.62. The van der Waals surface area contributed by atoms with Crippen molar-refractivity contribution in [1.29, 1.82) is 0 Å². The molecule has 1 saturated carbocycles. The summed E-state index contributed by atoms with van der Waals surface area (Å²) in [5, 5.41) is 12.1. The molecule has 1 aliphatic rings. The fraction of sp³-hybridized carbons (Fsp3) is 0.600. The predicted octanol–water partition coefficient (Wildman–Crippen LogP) is 2.43. The van der Waals surface area contributed by atoms with Gasteiger partial charge in [0.05, 0.1) is 0 Å². The molecule has 112 valence electrons. The monoisotopic (exact) mass is 284 g/mol. The highest BCUT2D eigenvalue weighted by Crippen LogP contribution is 2.26. The zero-order valence-corrected chi connectivity index (χ0v) is 11.8. The van der Waals surface area contributed by atoms with Crippen LogP contribution >= 0.6 is 0 Å². The van der Waals surface area contributed by atoms with Crippen LogP contribution in [-0.2, 0) is 6.54 Å². The lowest BCUT2D eigenvalue weighted by Gasteiger charge is -2.24. The van der Waals surface area contributed by atoms with Crippen molar-refractivity contribution in [3.8, 4) is 0 Å². The highest BCUT2D eigenvalue weighted by Gasteiger charge is 2.21. The van der Waals surface area contributed by atoms with Gasteiger partial charge in [0.15, 0.2) is 0 Å². The van der Waals surface area contributed by atoms with Crippen LogP contribution in [0.4, 0.5) is 14.5 Å². The molecule has 0 heterocycles. The Hall–Kier alpha value is -1.20. The van der Waals surface area contributed by atoms with Gasteiger partial charge >= 0.3 is 0 Å². The number of nitrogens with one attached hydrogen (secondary N) is 1. The Morgan fingerprint density at radius 3 is 2.45 bits per heavy atom. The molecule has 0 aliphatic heterocycles. The minimum absolute atomic E-state index is 0.0103. The summed E-state index contributed by atoms with van der Waals surface area (Å²) >= 11 is 0. The van der Waals surface area contributed by atoms with Crippen LogP contribution in [0, 0.1) is 11.6 Å². The Balaban J connectivity index is 2.11. The second-order valence-electron chi connectivity index (χ2n) is 5.22. The topological polar surface area (TPSA) is 35.5 Å². The Bertz CT molecular complexity index is 426. The molecule has 1 aliphatic carbocycles. The second kappa shape index (κ2) is 6.99. The molecule has 0 spiro atoms. The van der Waals surface area contributed by atoms with Crippen LogP contribution in [0.3, 0.4) is 0 Å². The third kappa shape index (κ3) is 3.90. The largest absolute Gasteiger partial charge is 0.396 e. The fourth-order valence-electron chi connectivity index (χ4n) is 2.26. The molecule has 3 nitrogen and oxygen atoms in total. The van der Waals surface area contributed by atoms with Gasteiger partial charge in [0.1, 0.15) is 17.3 Å². The first-order chi connectivity index (χ1) is 9.65. The number of anilines is 1. The lowest BCUT2D eigenvalue weighted by molar-refractivity contribution is 0.289. The summed E-state index contributed by atoms with van der Waals surface area (Å²) < 4.78 is 28.3. The first-order valence-corrected chi connectivity index (χ1v) is 7.22. The van der Waals surface area contributed by atoms with Crippen LogP contribution in [0.15, 0.2) is 12.1 Å². The number of rotatable bonds is 8. The number of hydrogen-bond acceptors (Lipinski definition) is 3. The molecule has 0 bridgehead atoms. The van der Waals surface area contributed by atoms with Crippen molar-refractivity contribution in [3.05, 3.63) is 29.3 Å². The summed E-state index contributed by atoms with van der Waals surface area (Å²) in [6, 6.07) is 3.31. The maximum Gasteiger partial charge on any atom is 0.149 e. The van der Waals surface area contributed by atoms with Crippen molar-refractivity contribution in [3.63, 3.8) is 0 Å². The van der Waals surface area contributed by atoms with Crippen molar-refractivity contribution >= 4 is 5.69 Å². The smallest absolute Gasteiger partial charge is 0.149 e. The normalized spacial score (nSPS) is 14.6. The van der Waals surface area contributed by atoms with Crippen LogP contribution < -0.4 is 10.2 Å². The molecule has 1 fully saturated rings. The zero-order chi connectivity index (χ0) is 14.5. The summed E-state index contributed by atoms with van der Waals surface area (Å²) in [6.45, 7) is 3.32. The van der Waals surface area contributed by atoms with E-state index in [1.54, 1.807) is 4.90 Å². The third-order valence-electron chi connectivity index (χ3n) is 3.53. The van der Waals surface area contributed by atoms with E-state index in [-0.39, 0.29) is 12.3 Å². The summed E-state index contributed by atoms with van der Waals surface area (Å²) in [5.74, 6) is -1.06. The number of aliphatic hydroxyl groups is 1. The highest BCUT2D eigenvalue weighted by molar-refractivity contribution is 5.50. The van der Waals surface area contributed by atoms with Crippen LogP contribution in [0.2, 0.25) is 0 Å². The van der Waals surface area contributed by atoms with Gasteiger partial charge in [-0.15, -0.1) is 0 Å². The number of halogens is 2. The Labute approximate surface area is 118 Å². The molecule has 0 saturated heterocycles. The molecule has 1 aromatic carbocycles. The average molecular weight is 284 g/mol. The van der Waals surface area contributed by atoms with Gasteiger partial charge in [-0.1, -0.05) is 0 Å². The molecule has 1 aromatic rings. The molecule has 5 heteroatoms. The Morgan fingerprint density at radius 2 is 1.95 bits per heavy atom. The second-order valence-corrected chi connectivity index (χ2v) is 5.22. The maximum atomic E-state index is 14.1. The molecule has 2 rings (SSSR count). The van der Waals surface area contributed by atoms with E-state index in [1.807, 2.05) is 6.92 Å². The predicted molar refractivity (Wildman–Crippen MR) is 75.8 cm³/mol. The van der Waals surface area contributed by atoms with Gasteiger partial charge in [-0.3, -0.25) is 0 Å². The molecular formula is C15H22F2N2O. The van der Waals surface area contributed by atoms with Crippen molar-refractivity contribution in [2.75, 3.05) is 24.6 Å². The van der Waals surface area contributed by atoms with Gasteiger partial charge in [-0.2, -0.15) is 0 Å². The highest BCUT2D eigenvalue weighted by atomic mass is 19.1. The number of benzene rings is 1. The number of hydrogen-bond donors (Lipinski definition) is 2. The number of aliphatic hydroxyl groups excluding tert-OH is 1. The molecular weight excluding hydrogens is 262 g/mol. The van der Waals surface area contributed by atoms with E-state index in [4.69, 9.17) is 5.11 Å². The van der Waals surface area contributed by atoms with Gasteiger partial charge in [0.2, 0.25) is 0 Å². The van der Waals surface area contributed by atoms with E-state index >= 15 is 0 Å². The average Bonchev–Trinajstić information content (AvgIpc) is 3.23.